The Morgan fingerprint density at radius 2 is 1.77 bits per heavy atom. The van der Waals surface area contributed by atoms with E-state index < -0.39 is 0 Å². The Bertz CT molecular complexity index is 376. The lowest BCUT2D eigenvalue weighted by Gasteiger charge is -1.89. The van der Waals surface area contributed by atoms with Crippen molar-refractivity contribution in [3.8, 4) is 0 Å². The summed E-state index contributed by atoms with van der Waals surface area (Å²) in [6.07, 6.45) is 6.02. The normalized spacial score (nSPS) is 10.8. The third kappa shape index (κ3) is 2.26. The highest BCUT2D eigenvalue weighted by molar-refractivity contribution is 7.03. The molecule has 1 aromatic carbocycles. The Balaban J connectivity index is 2.15. The van der Waals surface area contributed by atoms with E-state index in [1.54, 1.807) is 0 Å². The summed E-state index contributed by atoms with van der Waals surface area (Å²) in [4.78, 5) is 0. The molecule has 2 heteroatoms. The maximum absolute atomic E-state index is 4.02. The Kier molecular flexibility index (Phi) is 2.53. The van der Waals surface area contributed by atoms with Crippen LogP contribution in [-0.4, -0.2) is 4.37 Å². The molecular formula is C11H9NS. The van der Waals surface area contributed by atoms with Crippen LogP contribution in [0.1, 0.15) is 11.1 Å². The molecule has 0 bridgehead atoms. The van der Waals surface area contributed by atoms with Gasteiger partial charge in [-0.25, -0.2) is 4.37 Å². The van der Waals surface area contributed by atoms with E-state index in [-0.39, 0.29) is 0 Å². The third-order valence-electron chi connectivity index (χ3n) is 1.72. The molecule has 0 unspecified atom stereocenters. The van der Waals surface area contributed by atoms with Crippen LogP contribution in [0.25, 0.3) is 12.2 Å². The second kappa shape index (κ2) is 4.01. The molecule has 0 aliphatic rings. The minimum absolute atomic E-state index is 1.16. The fourth-order valence-corrected chi connectivity index (χ4v) is 1.56. The summed E-state index contributed by atoms with van der Waals surface area (Å²) in [5, 5.41) is 2.03. The topological polar surface area (TPSA) is 12.9 Å². The molecule has 0 saturated heterocycles. The molecule has 64 valence electrons. The van der Waals surface area contributed by atoms with Crippen molar-refractivity contribution in [2.24, 2.45) is 0 Å². The molecule has 0 atom stereocenters. The molecule has 1 nitrogen and oxygen atoms in total. The summed E-state index contributed by atoms with van der Waals surface area (Å²) in [7, 11) is 0. The second-order valence-electron chi connectivity index (χ2n) is 2.70. The highest BCUT2D eigenvalue weighted by Gasteiger charge is 1.86. The quantitative estimate of drug-likeness (QED) is 0.702. The van der Waals surface area contributed by atoms with Crippen molar-refractivity contribution in [3.05, 3.63) is 53.0 Å². The molecule has 0 aliphatic carbocycles. The van der Waals surface area contributed by atoms with Gasteiger partial charge in [0.2, 0.25) is 0 Å². The van der Waals surface area contributed by atoms with E-state index in [2.05, 4.69) is 28.7 Å². The molecule has 0 fully saturated rings. The van der Waals surface area contributed by atoms with Crippen molar-refractivity contribution >= 4 is 23.7 Å². The lowest BCUT2D eigenvalue weighted by atomic mass is 10.2. The second-order valence-corrected chi connectivity index (χ2v) is 3.36. The molecule has 0 aliphatic heterocycles. The summed E-state index contributed by atoms with van der Waals surface area (Å²) in [6.45, 7) is 0. The molecule has 13 heavy (non-hydrogen) atoms. The van der Waals surface area contributed by atoms with Crippen molar-refractivity contribution in [2.45, 2.75) is 0 Å². The predicted octanol–water partition coefficient (Wildman–Crippen LogP) is 3.31. The average Bonchev–Trinajstić information content (AvgIpc) is 2.69. The zero-order chi connectivity index (χ0) is 8.93. The van der Waals surface area contributed by atoms with Crippen LogP contribution in [0.4, 0.5) is 0 Å². The molecule has 2 aromatic rings. The van der Waals surface area contributed by atoms with E-state index in [1.165, 1.54) is 17.1 Å². The van der Waals surface area contributed by atoms with Crippen molar-refractivity contribution < 1.29 is 0 Å². The first-order valence-corrected chi connectivity index (χ1v) is 4.91. The molecule has 1 heterocycles. The van der Waals surface area contributed by atoms with Gasteiger partial charge in [0, 0.05) is 17.1 Å². The van der Waals surface area contributed by atoms with Gasteiger partial charge in [0.25, 0.3) is 0 Å². The maximum Gasteiger partial charge on any atom is 0.0479 e. The highest BCUT2D eigenvalue weighted by atomic mass is 32.1. The molecule has 2 rings (SSSR count). The van der Waals surface area contributed by atoms with E-state index in [0.29, 0.717) is 0 Å². The molecule has 0 radical (unpaired) electrons. The zero-order valence-corrected chi connectivity index (χ0v) is 7.87. The lowest BCUT2D eigenvalue weighted by molar-refractivity contribution is 1.56. The van der Waals surface area contributed by atoms with Crippen molar-refractivity contribution in [1.82, 2.24) is 4.37 Å². The van der Waals surface area contributed by atoms with E-state index in [4.69, 9.17) is 0 Å². The smallest absolute Gasteiger partial charge is 0.0479 e. The van der Waals surface area contributed by atoms with Gasteiger partial charge in [-0.15, -0.1) is 0 Å². The lowest BCUT2D eigenvalue weighted by Crippen LogP contribution is -1.67. The van der Waals surface area contributed by atoms with Gasteiger partial charge in [-0.3, -0.25) is 0 Å². The van der Waals surface area contributed by atoms with Crippen LogP contribution in [0.15, 0.2) is 41.9 Å². The van der Waals surface area contributed by atoms with Crippen LogP contribution in [0, 0.1) is 0 Å². The maximum atomic E-state index is 4.02. The fraction of sp³-hybridized carbons (Fsp3) is 0. The first kappa shape index (κ1) is 8.20. The number of aromatic nitrogens is 1. The first-order chi connectivity index (χ1) is 6.45. The predicted molar refractivity (Wildman–Crippen MR) is 57.5 cm³/mol. The van der Waals surface area contributed by atoms with Gasteiger partial charge in [0.15, 0.2) is 0 Å². The Labute approximate surface area is 81.5 Å². The molecule has 0 saturated carbocycles. The van der Waals surface area contributed by atoms with Crippen LogP contribution in [0.2, 0.25) is 0 Å². The zero-order valence-electron chi connectivity index (χ0n) is 7.05. The van der Waals surface area contributed by atoms with Crippen molar-refractivity contribution in [3.63, 3.8) is 0 Å². The highest BCUT2D eigenvalue weighted by Crippen LogP contribution is 2.08. The Morgan fingerprint density at radius 3 is 2.46 bits per heavy atom. The van der Waals surface area contributed by atoms with E-state index >= 15 is 0 Å². The van der Waals surface area contributed by atoms with Crippen LogP contribution in [0.3, 0.4) is 0 Å². The number of rotatable bonds is 2. The monoisotopic (exact) mass is 187 g/mol. The van der Waals surface area contributed by atoms with Gasteiger partial charge in [-0.1, -0.05) is 42.5 Å². The van der Waals surface area contributed by atoms with Gasteiger partial charge < -0.3 is 0 Å². The summed E-state index contributed by atoms with van der Waals surface area (Å²) >= 11 is 1.47. The Morgan fingerprint density at radius 1 is 1.00 bits per heavy atom. The SMILES string of the molecule is C(=C\c1cnsc1)/c1ccccc1. The number of hydrogen-bond acceptors (Lipinski definition) is 2. The fourth-order valence-electron chi connectivity index (χ4n) is 1.05. The van der Waals surface area contributed by atoms with E-state index in [9.17, 15) is 0 Å². The first-order valence-electron chi connectivity index (χ1n) is 4.08. The van der Waals surface area contributed by atoms with Gasteiger partial charge in [-0.05, 0) is 17.1 Å². The number of nitrogens with zero attached hydrogens (tertiary/aromatic N) is 1. The molecule has 1 aromatic heterocycles. The van der Waals surface area contributed by atoms with E-state index in [1.807, 2.05) is 29.8 Å². The van der Waals surface area contributed by atoms with Crippen molar-refractivity contribution in [1.29, 1.82) is 0 Å². The average molecular weight is 187 g/mol. The van der Waals surface area contributed by atoms with Crippen LogP contribution >= 0.6 is 11.5 Å². The standard InChI is InChI=1S/C11H9NS/c1-2-4-10(5-3-1)6-7-11-8-12-13-9-11/h1-9H/b7-6+. The van der Waals surface area contributed by atoms with Crippen LogP contribution in [-0.2, 0) is 0 Å². The van der Waals surface area contributed by atoms with Crippen LogP contribution in [0.5, 0.6) is 0 Å². The summed E-state index contributed by atoms with van der Waals surface area (Å²) in [6, 6.07) is 10.2. The van der Waals surface area contributed by atoms with Gasteiger partial charge in [-0.2, -0.15) is 0 Å². The summed E-state index contributed by atoms with van der Waals surface area (Å²) in [5.41, 5.74) is 2.38. The summed E-state index contributed by atoms with van der Waals surface area (Å²) < 4.78 is 4.02. The minimum Gasteiger partial charge on any atom is -0.201 e. The van der Waals surface area contributed by atoms with E-state index in [0.717, 1.165) is 5.56 Å². The largest absolute Gasteiger partial charge is 0.201 e. The van der Waals surface area contributed by atoms with Crippen molar-refractivity contribution in [2.75, 3.05) is 0 Å². The molecular weight excluding hydrogens is 178 g/mol. The van der Waals surface area contributed by atoms with Crippen LogP contribution < -0.4 is 0 Å². The summed E-state index contributed by atoms with van der Waals surface area (Å²) in [5.74, 6) is 0. The number of benzene rings is 1. The van der Waals surface area contributed by atoms with Gasteiger partial charge in [0.05, 0.1) is 0 Å². The molecule has 0 spiro atoms. The van der Waals surface area contributed by atoms with Gasteiger partial charge in [0.1, 0.15) is 0 Å². The molecule has 0 amide bonds. The van der Waals surface area contributed by atoms with Gasteiger partial charge >= 0.3 is 0 Å². The number of hydrogen-bond donors (Lipinski definition) is 0. The third-order valence-corrected chi connectivity index (χ3v) is 2.32. The Hall–Kier alpha value is -1.41. The molecule has 0 N–H and O–H groups in total. The minimum atomic E-state index is 1.16.